The molecule has 1 aromatic rings. The Kier molecular flexibility index (Phi) is 4.55. The molecule has 0 atom stereocenters. The lowest BCUT2D eigenvalue weighted by atomic mass is 10.1. The molecule has 2 aliphatic rings. The van der Waals surface area contributed by atoms with Crippen LogP contribution in [-0.4, -0.2) is 50.2 Å². The number of carbonyl (C=O) groups excluding carboxylic acids is 1. The molecule has 0 radical (unpaired) electrons. The van der Waals surface area contributed by atoms with Gasteiger partial charge in [0.2, 0.25) is 5.76 Å². The first-order chi connectivity index (χ1) is 11.4. The molecule has 0 spiro atoms. The van der Waals surface area contributed by atoms with Gasteiger partial charge < -0.3 is 19.3 Å². The minimum Gasteiger partial charge on any atom is -0.494 e. The summed E-state index contributed by atoms with van der Waals surface area (Å²) in [7, 11) is 0. The molecule has 8 heteroatoms. The van der Waals surface area contributed by atoms with E-state index in [1.54, 1.807) is 11.0 Å². The van der Waals surface area contributed by atoms with Crippen LogP contribution < -0.4 is 4.90 Å². The molecule has 1 aromatic carbocycles. The van der Waals surface area contributed by atoms with Crippen molar-refractivity contribution in [1.29, 1.82) is 0 Å². The van der Waals surface area contributed by atoms with Gasteiger partial charge in [-0.1, -0.05) is 6.07 Å². The van der Waals surface area contributed by atoms with Gasteiger partial charge in [-0.2, -0.15) is 13.2 Å². The molecule has 1 saturated heterocycles. The van der Waals surface area contributed by atoms with E-state index in [-0.39, 0.29) is 11.7 Å². The van der Waals surface area contributed by atoms with Crippen LogP contribution in [0.2, 0.25) is 0 Å². The first-order valence-electron chi connectivity index (χ1n) is 7.61. The van der Waals surface area contributed by atoms with E-state index in [1.165, 1.54) is 12.3 Å². The number of piperazine rings is 1. The topological polar surface area (TPSA) is 42.0 Å². The fourth-order valence-corrected chi connectivity index (χ4v) is 2.68. The van der Waals surface area contributed by atoms with E-state index in [2.05, 4.69) is 0 Å². The van der Waals surface area contributed by atoms with E-state index in [9.17, 15) is 18.0 Å². The molecule has 0 aliphatic carbocycles. The maximum atomic E-state index is 12.8. The predicted octanol–water partition coefficient (Wildman–Crippen LogP) is 2.24. The molecule has 1 fully saturated rings. The van der Waals surface area contributed by atoms with Crippen LogP contribution in [-0.2, 0) is 20.4 Å². The van der Waals surface area contributed by atoms with E-state index in [4.69, 9.17) is 9.47 Å². The normalized spacial score (nSPS) is 18.5. The number of carbonyl (C=O) groups is 1. The van der Waals surface area contributed by atoms with Gasteiger partial charge in [0, 0.05) is 31.9 Å². The maximum absolute atomic E-state index is 12.8. The van der Waals surface area contributed by atoms with E-state index in [1.807, 2.05) is 4.90 Å². The molecule has 24 heavy (non-hydrogen) atoms. The number of ether oxygens (including phenoxy) is 2. The number of benzene rings is 1. The van der Waals surface area contributed by atoms with Crippen molar-refractivity contribution < 1.29 is 27.4 Å². The van der Waals surface area contributed by atoms with Crippen molar-refractivity contribution in [3.63, 3.8) is 0 Å². The summed E-state index contributed by atoms with van der Waals surface area (Å²) < 4.78 is 48.8. The summed E-state index contributed by atoms with van der Waals surface area (Å²) >= 11 is 0. The third-order valence-electron chi connectivity index (χ3n) is 3.97. The highest BCUT2D eigenvalue weighted by molar-refractivity contribution is 5.91. The van der Waals surface area contributed by atoms with Crippen molar-refractivity contribution in [2.75, 3.05) is 44.3 Å². The third kappa shape index (κ3) is 3.58. The van der Waals surface area contributed by atoms with Crippen LogP contribution >= 0.6 is 0 Å². The van der Waals surface area contributed by atoms with Crippen LogP contribution in [0.15, 0.2) is 36.3 Å². The van der Waals surface area contributed by atoms with Crippen LogP contribution in [0.25, 0.3) is 0 Å². The maximum Gasteiger partial charge on any atom is 0.416 e. The van der Waals surface area contributed by atoms with Gasteiger partial charge in [-0.3, -0.25) is 4.79 Å². The number of halogens is 3. The predicted molar refractivity (Wildman–Crippen MR) is 80.2 cm³/mol. The summed E-state index contributed by atoms with van der Waals surface area (Å²) in [5, 5.41) is 0. The van der Waals surface area contributed by atoms with Crippen molar-refractivity contribution in [2.45, 2.75) is 6.18 Å². The third-order valence-corrected chi connectivity index (χ3v) is 3.97. The number of alkyl halides is 3. The van der Waals surface area contributed by atoms with Gasteiger partial charge >= 0.3 is 6.18 Å². The van der Waals surface area contributed by atoms with E-state index >= 15 is 0 Å². The highest BCUT2D eigenvalue weighted by Gasteiger charge is 2.31. The first kappa shape index (κ1) is 16.5. The van der Waals surface area contributed by atoms with Crippen molar-refractivity contribution in [1.82, 2.24) is 4.90 Å². The minimum atomic E-state index is -4.36. The van der Waals surface area contributed by atoms with Crippen molar-refractivity contribution in [3.05, 3.63) is 41.9 Å². The number of amides is 1. The Morgan fingerprint density at radius 2 is 1.83 bits per heavy atom. The lowest BCUT2D eigenvalue weighted by Gasteiger charge is -2.36. The number of hydrogen-bond acceptors (Lipinski definition) is 4. The van der Waals surface area contributed by atoms with Gasteiger partial charge in [-0.05, 0) is 18.2 Å². The molecule has 2 aliphatic heterocycles. The fraction of sp³-hybridized carbons (Fsp3) is 0.438. The Balaban J connectivity index is 1.63. The lowest BCUT2D eigenvalue weighted by molar-refractivity contribution is -0.137. The quantitative estimate of drug-likeness (QED) is 0.827. The molecule has 0 bridgehead atoms. The van der Waals surface area contributed by atoms with Crippen molar-refractivity contribution in [3.8, 4) is 0 Å². The molecule has 5 nitrogen and oxygen atoms in total. The largest absolute Gasteiger partial charge is 0.494 e. The second-order valence-electron chi connectivity index (χ2n) is 5.53. The summed E-state index contributed by atoms with van der Waals surface area (Å²) in [5.74, 6) is -0.0767. The molecule has 0 N–H and O–H groups in total. The average Bonchev–Trinajstić information content (AvgIpc) is 2.61. The summed E-state index contributed by atoms with van der Waals surface area (Å²) in [6.45, 7) is 2.50. The van der Waals surface area contributed by atoms with Crippen LogP contribution in [0.4, 0.5) is 18.9 Å². The fourth-order valence-electron chi connectivity index (χ4n) is 2.68. The SMILES string of the molecule is O=C(C1=COCCO1)N1CCN(c2cccc(C(F)(F)F)c2)CC1. The van der Waals surface area contributed by atoms with E-state index in [0.717, 1.165) is 12.1 Å². The Morgan fingerprint density at radius 1 is 1.08 bits per heavy atom. The number of nitrogens with zero attached hydrogens (tertiary/aromatic N) is 2. The van der Waals surface area contributed by atoms with Crippen LogP contribution in [0, 0.1) is 0 Å². The van der Waals surface area contributed by atoms with Crippen LogP contribution in [0.1, 0.15) is 5.56 Å². The summed E-state index contributed by atoms with van der Waals surface area (Å²) in [4.78, 5) is 15.7. The molecular weight excluding hydrogens is 325 g/mol. The minimum absolute atomic E-state index is 0.175. The van der Waals surface area contributed by atoms with E-state index < -0.39 is 11.7 Å². The molecule has 2 heterocycles. The molecule has 0 unspecified atom stereocenters. The zero-order valence-corrected chi connectivity index (χ0v) is 12.9. The second-order valence-corrected chi connectivity index (χ2v) is 5.53. The Hall–Kier alpha value is -2.38. The molecule has 130 valence electrons. The standard InChI is InChI=1S/C16H17F3N2O3/c17-16(18,19)12-2-1-3-13(10-12)20-4-6-21(7-5-20)15(22)14-11-23-8-9-24-14/h1-3,10-11H,4-9H2. The summed E-state index contributed by atoms with van der Waals surface area (Å²) in [5.41, 5.74) is -0.162. The van der Waals surface area contributed by atoms with Gasteiger partial charge in [0.25, 0.3) is 5.91 Å². The number of hydrogen-bond donors (Lipinski definition) is 0. The van der Waals surface area contributed by atoms with Gasteiger partial charge in [-0.15, -0.1) is 0 Å². The highest BCUT2D eigenvalue weighted by atomic mass is 19.4. The van der Waals surface area contributed by atoms with E-state index in [0.29, 0.717) is 45.1 Å². The smallest absolute Gasteiger partial charge is 0.416 e. The zero-order chi connectivity index (χ0) is 17.2. The molecule has 1 amide bonds. The Morgan fingerprint density at radius 3 is 2.46 bits per heavy atom. The molecule has 0 saturated carbocycles. The first-order valence-corrected chi connectivity index (χ1v) is 7.61. The summed E-state index contributed by atoms with van der Waals surface area (Å²) in [6.07, 6.45) is -3.05. The van der Waals surface area contributed by atoms with Gasteiger partial charge in [0.15, 0.2) is 0 Å². The monoisotopic (exact) mass is 342 g/mol. The van der Waals surface area contributed by atoms with Gasteiger partial charge in [-0.25, -0.2) is 0 Å². The molecular formula is C16H17F3N2O3. The summed E-state index contributed by atoms with van der Waals surface area (Å²) in [6, 6.07) is 5.23. The van der Waals surface area contributed by atoms with Gasteiger partial charge in [0.1, 0.15) is 19.5 Å². The number of rotatable bonds is 2. The zero-order valence-electron chi connectivity index (χ0n) is 12.9. The number of anilines is 1. The van der Waals surface area contributed by atoms with Crippen LogP contribution in [0.3, 0.4) is 0 Å². The Labute approximate surface area is 137 Å². The molecule has 0 aromatic heterocycles. The Bertz CT molecular complexity index is 638. The second kappa shape index (κ2) is 6.62. The average molecular weight is 342 g/mol. The molecule has 3 rings (SSSR count). The highest BCUT2D eigenvalue weighted by Crippen LogP contribution is 2.31. The van der Waals surface area contributed by atoms with Crippen LogP contribution in [0.5, 0.6) is 0 Å². The van der Waals surface area contributed by atoms with Gasteiger partial charge in [0.05, 0.1) is 5.56 Å². The van der Waals surface area contributed by atoms with Crippen molar-refractivity contribution >= 4 is 11.6 Å². The lowest BCUT2D eigenvalue weighted by Crippen LogP contribution is -2.49. The van der Waals surface area contributed by atoms with Crippen molar-refractivity contribution in [2.24, 2.45) is 0 Å².